The zero-order valence-electron chi connectivity index (χ0n) is 12.0. The maximum absolute atomic E-state index is 6.01. The molecule has 0 radical (unpaired) electrons. The highest BCUT2D eigenvalue weighted by Crippen LogP contribution is 2.33. The van der Waals surface area contributed by atoms with Gasteiger partial charge in [-0.3, -0.25) is 5.10 Å². The van der Waals surface area contributed by atoms with Gasteiger partial charge in [-0.25, -0.2) is 9.97 Å². The molecule has 5 nitrogen and oxygen atoms in total. The summed E-state index contributed by atoms with van der Waals surface area (Å²) in [5, 5.41) is 7.03. The molecule has 0 atom stereocenters. The van der Waals surface area contributed by atoms with Gasteiger partial charge in [-0.05, 0) is 23.1 Å². The number of hydrogen-bond acceptors (Lipinski definition) is 4. The fourth-order valence-corrected chi connectivity index (χ4v) is 2.27. The molecule has 3 aromatic rings. The second-order valence-corrected chi connectivity index (χ2v) is 5.21. The van der Waals surface area contributed by atoms with E-state index >= 15 is 0 Å². The Morgan fingerprint density at radius 2 is 1.71 bits per heavy atom. The number of rotatable bonds is 3. The van der Waals surface area contributed by atoms with Crippen molar-refractivity contribution in [2.45, 2.75) is 19.8 Å². The summed E-state index contributed by atoms with van der Waals surface area (Å²) in [4.78, 5) is 8.51. The molecule has 0 aliphatic carbocycles. The molecule has 0 bridgehead atoms. The minimum absolute atomic E-state index is 0.453. The molecule has 0 spiro atoms. The summed E-state index contributed by atoms with van der Waals surface area (Å²) >= 11 is 0. The number of benzene rings is 1. The summed E-state index contributed by atoms with van der Waals surface area (Å²) < 4.78 is 0. The van der Waals surface area contributed by atoms with Crippen molar-refractivity contribution in [3.63, 3.8) is 0 Å². The number of anilines is 1. The smallest absolute Gasteiger partial charge is 0.178 e. The van der Waals surface area contributed by atoms with E-state index in [1.54, 1.807) is 18.5 Å². The van der Waals surface area contributed by atoms with Crippen LogP contribution < -0.4 is 5.73 Å². The first-order valence-electron chi connectivity index (χ1n) is 6.88. The fraction of sp³-hybridized carbons (Fsp3) is 0.188. The highest BCUT2D eigenvalue weighted by atomic mass is 15.2. The zero-order chi connectivity index (χ0) is 14.8. The fourth-order valence-electron chi connectivity index (χ4n) is 2.27. The lowest BCUT2D eigenvalue weighted by Crippen LogP contribution is -1.92. The Labute approximate surface area is 123 Å². The van der Waals surface area contributed by atoms with E-state index in [4.69, 9.17) is 5.73 Å². The number of hydrogen-bond donors (Lipinski definition) is 2. The van der Waals surface area contributed by atoms with E-state index in [9.17, 15) is 0 Å². The van der Waals surface area contributed by atoms with Crippen LogP contribution >= 0.6 is 0 Å². The summed E-state index contributed by atoms with van der Waals surface area (Å²) in [6, 6.07) is 10.1. The standard InChI is InChI=1S/C16H17N5/c1-10(2)11-4-6-12(7-5-11)13-14(20-21-15(13)17)16-18-8-3-9-19-16/h3-10H,1-2H3,(H3,17,20,21). The van der Waals surface area contributed by atoms with Gasteiger partial charge in [-0.15, -0.1) is 0 Å². The predicted molar refractivity (Wildman–Crippen MR) is 83.6 cm³/mol. The van der Waals surface area contributed by atoms with Gasteiger partial charge >= 0.3 is 0 Å². The molecule has 2 heterocycles. The van der Waals surface area contributed by atoms with Gasteiger partial charge < -0.3 is 5.73 Å². The summed E-state index contributed by atoms with van der Waals surface area (Å²) in [6.45, 7) is 4.34. The second-order valence-electron chi connectivity index (χ2n) is 5.21. The Balaban J connectivity index is 2.08. The van der Waals surface area contributed by atoms with Gasteiger partial charge in [0.15, 0.2) is 11.6 Å². The third kappa shape index (κ3) is 2.50. The monoisotopic (exact) mass is 279 g/mol. The predicted octanol–water partition coefficient (Wildman–Crippen LogP) is 3.24. The van der Waals surface area contributed by atoms with E-state index in [1.807, 2.05) is 0 Å². The molecule has 0 unspecified atom stereocenters. The van der Waals surface area contributed by atoms with Gasteiger partial charge in [0.25, 0.3) is 0 Å². The van der Waals surface area contributed by atoms with Crippen LogP contribution in [0.5, 0.6) is 0 Å². The van der Waals surface area contributed by atoms with Gasteiger partial charge in [0.2, 0.25) is 0 Å². The number of nitrogens with one attached hydrogen (secondary N) is 1. The minimum atomic E-state index is 0.453. The number of nitrogen functional groups attached to an aromatic ring is 1. The summed E-state index contributed by atoms with van der Waals surface area (Å²) in [7, 11) is 0. The lowest BCUT2D eigenvalue weighted by molar-refractivity contribution is 0.867. The zero-order valence-corrected chi connectivity index (χ0v) is 12.0. The lowest BCUT2D eigenvalue weighted by atomic mass is 9.98. The van der Waals surface area contributed by atoms with Crippen LogP contribution in [0.4, 0.5) is 5.82 Å². The van der Waals surface area contributed by atoms with Crippen molar-refractivity contribution >= 4 is 5.82 Å². The molecule has 0 fully saturated rings. The second kappa shape index (κ2) is 5.36. The van der Waals surface area contributed by atoms with Crippen LogP contribution in [0.25, 0.3) is 22.6 Å². The topological polar surface area (TPSA) is 80.5 Å². The van der Waals surface area contributed by atoms with E-state index in [2.05, 4.69) is 58.3 Å². The van der Waals surface area contributed by atoms with Gasteiger partial charge in [0.1, 0.15) is 5.69 Å². The van der Waals surface area contributed by atoms with Crippen molar-refractivity contribution in [1.29, 1.82) is 0 Å². The van der Waals surface area contributed by atoms with Crippen molar-refractivity contribution in [3.05, 3.63) is 48.3 Å². The number of H-pyrrole nitrogens is 1. The average molecular weight is 279 g/mol. The number of aromatic amines is 1. The molecular formula is C16H17N5. The van der Waals surface area contributed by atoms with Crippen molar-refractivity contribution in [1.82, 2.24) is 20.2 Å². The summed E-state index contributed by atoms with van der Waals surface area (Å²) in [5.74, 6) is 1.54. The minimum Gasteiger partial charge on any atom is -0.382 e. The molecule has 0 saturated carbocycles. The van der Waals surface area contributed by atoms with Crippen molar-refractivity contribution in [3.8, 4) is 22.6 Å². The molecule has 3 N–H and O–H groups in total. The molecule has 0 amide bonds. The SMILES string of the molecule is CC(C)c1ccc(-c2c(N)n[nH]c2-c2ncccn2)cc1. The summed E-state index contributed by atoms with van der Waals surface area (Å²) in [6.07, 6.45) is 3.40. The highest BCUT2D eigenvalue weighted by molar-refractivity contribution is 5.85. The Bertz CT molecular complexity index is 729. The van der Waals surface area contributed by atoms with E-state index < -0.39 is 0 Å². The lowest BCUT2D eigenvalue weighted by Gasteiger charge is -2.07. The van der Waals surface area contributed by atoms with Crippen LogP contribution in [0.3, 0.4) is 0 Å². The normalized spacial score (nSPS) is 11.0. The first-order valence-corrected chi connectivity index (χ1v) is 6.88. The third-order valence-electron chi connectivity index (χ3n) is 3.45. The molecule has 0 saturated heterocycles. The quantitative estimate of drug-likeness (QED) is 0.771. The maximum atomic E-state index is 6.01. The van der Waals surface area contributed by atoms with Gasteiger partial charge in [-0.2, -0.15) is 5.10 Å². The Hall–Kier alpha value is -2.69. The maximum Gasteiger partial charge on any atom is 0.178 e. The first-order chi connectivity index (χ1) is 10.2. The van der Waals surface area contributed by atoms with Crippen LogP contribution in [0.2, 0.25) is 0 Å². The van der Waals surface area contributed by atoms with Crippen molar-refractivity contribution < 1.29 is 0 Å². The molecule has 21 heavy (non-hydrogen) atoms. The Morgan fingerprint density at radius 1 is 1.05 bits per heavy atom. The Kier molecular flexibility index (Phi) is 3.39. The average Bonchev–Trinajstić information content (AvgIpc) is 2.90. The molecule has 3 rings (SSSR count). The molecule has 106 valence electrons. The van der Waals surface area contributed by atoms with E-state index in [-0.39, 0.29) is 0 Å². The molecule has 2 aromatic heterocycles. The number of aromatic nitrogens is 4. The van der Waals surface area contributed by atoms with Crippen molar-refractivity contribution in [2.75, 3.05) is 5.73 Å². The molecular weight excluding hydrogens is 262 g/mol. The van der Waals surface area contributed by atoms with E-state index in [0.717, 1.165) is 16.8 Å². The molecule has 1 aromatic carbocycles. The number of nitrogens with zero attached hydrogens (tertiary/aromatic N) is 3. The van der Waals surface area contributed by atoms with Gasteiger partial charge in [0.05, 0.1) is 5.56 Å². The third-order valence-corrected chi connectivity index (χ3v) is 3.45. The van der Waals surface area contributed by atoms with Crippen LogP contribution in [0, 0.1) is 0 Å². The van der Waals surface area contributed by atoms with Gasteiger partial charge in [-0.1, -0.05) is 38.1 Å². The van der Waals surface area contributed by atoms with Crippen LogP contribution in [0.15, 0.2) is 42.7 Å². The first kappa shape index (κ1) is 13.3. The number of nitrogens with two attached hydrogens (primary N) is 1. The molecule has 0 aliphatic rings. The van der Waals surface area contributed by atoms with Crippen LogP contribution in [-0.2, 0) is 0 Å². The van der Waals surface area contributed by atoms with E-state index in [1.165, 1.54) is 5.56 Å². The molecule has 0 aliphatic heterocycles. The van der Waals surface area contributed by atoms with Gasteiger partial charge in [0, 0.05) is 12.4 Å². The molecule has 5 heteroatoms. The van der Waals surface area contributed by atoms with Crippen LogP contribution in [0.1, 0.15) is 25.3 Å². The summed E-state index contributed by atoms with van der Waals surface area (Å²) in [5.41, 5.74) is 9.89. The highest BCUT2D eigenvalue weighted by Gasteiger charge is 2.16. The largest absolute Gasteiger partial charge is 0.382 e. The van der Waals surface area contributed by atoms with Crippen molar-refractivity contribution in [2.24, 2.45) is 0 Å². The van der Waals surface area contributed by atoms with Crippen LogP contribution in [-0.4, -0.2) is 20.2 Å². The Morgan fingerprint density at radius 3 is 2.33 bits per heavy atom. The van der Waals surface area contributed by atoms with E-state index in [0.29, 0.717) is 17.6 Å².